The molecule has 2 heterocycles. The van der Waals surface area contributed by atoms with Gasteiger partial charge in [0.2, 0.25) is 0 Å². The molecule has 7 heteroatoms. The number of H-pyrrole nitrogens is 1. The number of fused-ring (bicyclic) bond motifs is 1. The third-order valence-electron chi connectivity index (χ3n) is 4.88. The predicted octanol–water partition coefficient (Wildman–Crippen LogP) is 4.11. The number of aromatic nitrogens is 2. The summed E-state index contributed by atoms with van der Waals surface area (Å²) < 4.78 is 4.97. The van der Waals surface area contributed by atoms with Gasteiger partial charge in [0.25, 0.3) is 0 Å². The number of para-hydroxylation sites is 2. The van der Waals surface area contributed by atoms with Gasteiger partial charge in [-0.15, -0.1) is 0 Å². The van der Waals surface area contributed by atoms with Crippen molar-refractivity contribution in [3.05, 3.63) is 59.9 Å². The normalized spacial score (nSPS) is 16.3. The number of amides is 2. The van der Waals surface area contributed by atoms with Crippen LogP contribution >= 0.6 is 0 Å². The number of ether oxygens (including phenoxy) is 1. The molecule has 28 heavy (non-hydrogen) atoms. The minimum Gasteiger partial charge on any atom is -0.462 e. The van der Waals surface area contributed by atoms with E-state index in [0.717, 1.165) is 29.7 Å². The minimum absolute atomic E-state index is 0.0776. The quantitative estimate of drug-likeness (QED) is 0.669. The number of nitrogens with zero attached hydrogens (tertiary/aromatic N) is 2. The number of urea groups is 1. The standard InChI is InChI=1S/C21H22N4O3/c1-2-28-20(26)14-9-11-15(12-10-14)22-21(27)25-13-5-8-18(25)19-23-16-6-3-4-7-17(16)24-19/h3-4,6-7,9-12,18H,2,5,8,13H2,1H3,(H,22,27)(H,23,24). The number of hydrogen-bond acceptors (Lipinski definition) is 4. The van der Waals surface area contributed by atoms with Crippen LogP contribution in [-0.2, 0) is 4.74 Å². The van der Waals surface area contributed by atoms with E-state index >= 15 is 0 Å². The number of aromatic amines is 1. The number of benzene rings is 2. The molecule has 3 aromatic rings. The number of nitrogens with one attached hydrogen (secondary N) is 2. The van der Waals surface area contributed by atoms with Crippen LogP contribution in [0.1, 0.15) is 42.0 Å². The molecule has 0 bridgehead atoms. The lowest BCUT2D eigenvalue weighted by atomic mass is 10.2. The van der Waals surface area contributed by atoms with Gasteiger partial charge < -0.3 is 19.9 Å². The molecule has 1 aliphatic rings. The Labute approximate surface area is 162 Å². The highest BCUT2D eigenvalue weighted by Crippen LogP contribution is 2.32. The monoisotopic (exact) mass is 378 g/mol. The third kappa shape index (κ3) is 3.55. The predicted molar refractivity (Wildman–Crippen MR) is 106 cm³/mol. The molecule has 0 spiro atoms. The Kier molecular flexibility index (Phi) is 4.97. The van der Waals surface area contributed by atoms with Crippen molar-refractivity contribution >= 4 is 28.7 Å². The summed E-state index contributed by atoms with van der Waals surface area (Å²) in [6, 6.07) is 14.3. The maximum Gasteiger partial charge on any atom is 0.338 e. The van der Waals surface area contributed by atoms with Crippen LogP contribution in [0.5, 0.6) is 0 Å². The molecule has 1 aromatic heterocycles. The molecule has 1 unspecified atom stereocenters. The van der Waals surface area contributed by atoms with Crippen LogP contribution in [0.15, 0.2) is 48.5 Å². The second-order valence-electron chi connectivity index (χ2n) is 6.72. The molecule has 144 valence electrons. The Bertz CT molecular complexity index is 963. The lowest BCUT2D eigenvalue weighted by Gasteiger charge is -2.23. The first-order chi connectivity index (χ1) is 13.7. The Morgan fingerprint density at radius 2 is 2.00 bits per heavy atom. The first-order valence-electron chi connectivity index (χ1n) is 9.45. The summed E-state index contributed by atoms with van der Waals surface area (Å²) in [5.41, 5.74) is 2.97. The van der Waals surface area contributed by atoms with Crippen molar-refractivity contribution in [1.82, 2.24) is 14.9 Å². The molecular weight excluding hydrogens is 356 g/mol. The molecule has 2 aromatic carbocycles. The second-order valence-corrected chi connectivity index (χ2v) is 6.72. The summed E-state index contributed by atoms with van der Waals surface area (Å²) in [6.07, 6.45) is 1.80. The van der Waals surface area contributed by atoms with Crippen molar-refractivity contribution in [2.24, 2.45) is 0 Å². The first-order valence-corrected chi connectivity index (χ1v) is 9.45. The molecule has 0 saturated carbocycles. The highest BCUT2D eigenvalue weighted by Gasteiger charge is 2.32. The molecular formula is C21H22N4O3. The van der Waals surface area contributed by atoms with E-state index in [0.29, 0.717) is 24.4 Å². The van der Waals surface area contributed by atoms with Crippen molar-refractivity contribution in [3.8, 4) is 0 Å². The molecule has 2 amide bonds. The summed E-state index contributed by atoms with van der Waals surface area (Å²) in [7, 11) is 0. The maximum absolute atomic E-state index is 12.8. The fourth-order valence-corrected chi connectivity index (χ4v) is 3.52. The number of carbonyl (C=O) groups excluding carboxylic acids is 2. The van der Waals surface area contributed by atoms with Crippen LogP contribution in [0.25, 0.3) is 11.0 Å². The molecule has 0 radical (unpaired) electrons. The van der Waals surface area contributed by atoms with Gasteiger partial charge in [-0.25, -0.2) is 14.6 Å². The van der Waals surface area contributed by atoms with Gasteiger partial charge in [-0.2, -0.15) is 0 Å². The van der Waals surface area contributed by atoms with Crippen molar-refractivity contribution in [2.45, 2.75) is 25.8 Å². The molecule has 2 N–H and O–H groups in total. The van der Waals surface area contributed by atoms with Crippen LogP contribution in [-0.4, -0.2) is 40.0 Å². The number of imidazole rings is 1. The fraction of sp³-hybridized carbons (Fsp3) is 0.286. The van der Waals surface area contributed by atoms with Gasteiger partial charge in [0.1, 0.15) is 5.82 Å². The summed E-state index contributed by atoms with van der Waals surface area (Å²) in [4.78, 5) is 34.3. The van der Waals surface area contributed by atoms with Gasteiger partial charge in [-0.3, -0.25) is 0 Å². The Morgan fingerprint density at radius 3 is 2.75 bits per heavy atom. The van der Waals surface area contributed by atoms with E-state index in [1.54, 1.807) is 36.1 Å². The molecule has 4 rings (SSSR count). The maximum atomic E-state index is 12.8. The van der Waals surface area contributed by atoms with Gasteiger partial charge in [-0.05, 0) is 56.2 Å². The van der Waals surface area contributed by atoms with Gasteiger partial charge in [-0.1, -0.05) is 12.1 Å². The van der Waals surface area contributed by atoms with E-state index in [9.17, 15) is 9.59 Å². The van der Waals surface area contributed by atoms with E-state index < -0.39 is 0 Å². The lowest BCUT2D eigenvalue weighted by Crippen LogP contribution is -2.34. The van der Waals surface area contributed by atoms with Gasteiger partial charge >= 0.3 is 12.0 Å². The van der Waals surface area contributed by atoms with E-state index in [1.165, 1.54) is 0 Å². The van der Waals surface area contributed by atoms with E-state index in [1.807, 2.05) is 24.3 Å². The van der Waals surface area contributed by atoms with Crippen molar-refractivity contribution in [1.29, 1.82) is 0 Å². The number of likely N-dealkylation sites (tertiary alicyclic amines) is 1. The van der Waals surface area contributed by atoms with E-state index in [4.69, 9.17) is 4.74 Å². The number of rotatable bonds is 4. The zero-order valence-electron chi connectivity index (χ0n) is 15.6. The number of anilines is 1. The third-order valence-corrected chi connectivity index (χ3v) is 4.88. The first kappa shape index (κ1) is 18.0. The second kappa shape index (κ2) is 7.72. The van der Waals surface area contributed by atoms with E-state index in [2.05, 4.69) is 15.3 Å². The fourth-order valence-electron chi connectivity index (χ4n) is 3.52. The number of carbonyl (C=O) groups is 2. The Balaban J connectivity index is 1.47. The minimum atomic E-state index is -0.370. The molecule has 1 atom stereocenters. The van der Waals surface area contributed by atoms with Crippen LogP contribution < -0.4 is 5.32 Å². The van der Waals surface area contributed by atoms with Crippen molar-refractivity contribution in [2.75, 3.05) is 18.5 Å². The van der Waals surface area contributed by atoms with Crippen LogP contribution in [0.4, 0.5) is 10.5 Å². The summed E-state index contributed by atoms with van der Waals surface area (Å²) >= 11 is 0. The smallest absolute Gasteiger partial charge is 0.338 e. The SMILES string of the molecule is CCOC(=O)c1ccc(NC(=O)N2CCCC2c2nc3ccccc3[nH]2)cc1. The summed E-state index contributed by atoms with van der Waals surface area (Å²) in [6.45, 7) is 2.77. The number of hydrogen-bond donors (Lipinski definition) is 2. The highest BCUT2D eigenvalue weighted by atomic mass is 16.5. The van der Waals surface area contributed by atoms with Crippen molar-refractivity contribution < 1.29 is 14.3 Å². The summed E-state index contributed by atoms with van der Waals surface area (Å²) in [5, 5.41) is 2.91. The van der Waals surface area contributed by atoms with Crippen molar-refractivity contribution in [3.63, 3.8) is 0 Å². The average Bonchev–Trinajstić information content (AvgIpc) is 3.35. The zero-order valence-corrected chi connectivity index (χ0v) is 15.6. The largest absolute Gasteiger partial charge is 0.462 e. The molecule has 1 aliphatic heterocycles. The van der Waals surface area contributed by atoms with E-state index in [-0.39, 0.29) is 18.0 Å². The van der Waals surface area contributed by atoms with Crippen LogP contribution in [0.2, 0.25) is 0 Å². The van der Waals surface area contributed by atoms with Crippen LogP contribution in [0.3, 0.4) is 0 Å². The van der Waals surface area contributed by atoms with Crippen LogP contribution in [0, 0.1) is 0 Å². The Hall–Kier alpha value is -3.35. The molecule has 7 nitrogen and oxygen atoms in total. The molecule has 0 aliphatic carbocycles. The lowest BCUT2D eigenvalue weighted by molar-refractivity contribution is 0.0526. The van der Waals surface area contributed by atoms with Gasteiger partial charge in [0, 0.05) is 12.2 Å². The molecule has 1 fully saturated rings. The van der Waals surface area contributed by atoms with Gasteiger partial charge in [0.15, 0.2) is 0 Å². The zero-order chi connectivity index (χ0) is 19.5. The topological polar surface area (TPSA) is 87.3 Å². The summed E-state index contributed by atoms with van der Waals surface area (Å²) in [5.74, 6) is 0.441. The average molecular weight is 378 g/mol. The highest BCUT2D eigenvalue weighted by molar-refractivity contribution is 5.92. The van der Waals surface area contributed by atoms with Gasteiger partial charge in [0.05, 0.1) is 29.2 Å². The Morgan fingerprint density at radius 1 is 1.21 bits per heavy atom. The molecule has 1 saturated heterocycles. The number of esters is 1.